The molecule has 2 aromatic carbocycles. The van der Waals surface area contributed by atoms with Crippen LogP contribution in [-0.4, -0.2) is 17.1 Å². The lowest BCUT2D eigenvalue weighted by Crippen LogP contribution is -2.31. The summed E-state index contributed by atoms with van der Waals surface area (Å²) in [7, 11) is 0. The second kappa shape index (κ2) is 5.07. The van der Waals surface area contributed by atoms with Gasteiger partial charge in [0.2, 0.25) is 0 Å². The van der Waals surface area contributed by atoms with Gasteiger partial charge in [-0.1, -0.05) is 24.3 Å². The van der Waals surface area contributed by atoms with Gasteiger partial charge >= 0.3 is 0 Å². The van der Waals surface area contributed by atoms with E-state index in [1.807, 2.05) is 32.0 Å². The minimum absolute atomic E-state index is 0.0613. The zero-order valence-electron chi connectivity index (χ0n) is 12.0. The summed E-state index contributed by atoms with van der Waals surface area (Å²) >= 11 is 5.54. The van der Waals surface area contributed by atoms with Crippen LogP contribution >= 0.6 is 11.6 Å². The van der Waals surface area contributed by atoms with Gasteiger partial charge in [0.25, 0.3) is 17.1 Å². The Labute approximate surface area is 132 Å². The van der Waals surface area contributed by atoms with Gasteiger partial charge in [-0.2, -0.15) is 0 Å². The number of rotatable bonds is 2. The second-order valence-corrected chi connectivity index (χ2v) is 5.53. The van der Waals surface area contributed by atoms with E-state index in [4.69, 9.17) is 11.6 Å². The van der Waals surface area contributed by atoms with Crippen LogP contribution in [0.4, 0.5) is 5.69 Å². The highest BCUT2D eigenvalue weighted by atomic mass is 35.5. The Morgan fingerprint density at radius 1 is 0.955 bits per heavy atom. The van der Waals surface area contributed by atoms with E-state index in [-0.39, 0.29) is 16.7 Å². The maximum absolute atomic E-state index is 12.7. The highest BCUT2D eigenvalue weighted by molar-refractivity contribution is 6.68. The highest BCUT2D eigenvalue weighted by Gasteiger charge is 2.40. The molecule has 5 heteroatoms. The number of imide groups is 1. The van der Waals surface area contributed by atoms with E-state index in [0.717, 1.165) is 16.0 Å². The van der Waals surface area contributed by atoms with Gasteiger partial charge < -0.3 is 0 Å². The summed E-state index contributed by atoms with van der Waals surface area (Å²) in [6.07, 6.45) is 0. The van der Waals surface area contributed by atoms with Gasteiger partial charge in [0.05, 0.1) is 16.8 Å². The van der Waals surface area contributed by atoms with Gasteiger partial charge in [0.15, 0.2) is 0 Å². The first-order chi connectivity index (χ1) is 10.4. The molecule has 0 spiro atoms. The Bertz CT molecular complexity index is 822. The van der Waals surface area contributed by atoms with Gasteiger partial charge in [0, 0.05) is 5.56 Å². The molecular formula is C17H12ClNO3. The van der Waals surface area contributed by atoms with Gasteiger partial charge in [-0.3, -0.25) is 14.4 Å². The van der Waals surface area contributed by atoms with Crippen LogP contribution in [0.1, 0.15) is 42.2 Å². The molecule has 0 saturated heterocycles. The fourth-order valence-corrected chi connectivity index (χ4v) is 2.97. The van der Waals surface area contributed by atoms with E-state index in [0.29, 0.717) is 5.69 Å². The number of anilines is 1. The lowest BCUT2D eigenvalue weighted by molar-refractivity contribution is 0.0922. The molecule has 22 heavy (non-hydrogen) atoms. The maximum Gasteiger partial charge on any atom is 0.266 e. The zero-order valence-corrected chi connectivity index (χ0v) is 12.8. The first kappa shape index (κ1) is 14.5. The summed E-state index contributed by atoms with van der Waals surface area (Å²) < 4.78 is 0. The fourth-order valence-electron chi connectivity index (χ4n) is 2.81. The van der Waals surface area contributed by atoms with Crippen molar-refractivity contribution in [3.63, 3.8) is 0 Å². The Morgan fingerprint density at radius 3 is 2.14 bits per heavy atom. The van der Waals surface area contributed by atoms with Crippen molar-refractivity contribution < 1.29 is 14.4 Å². The molecule has 0 N–H and O–H groups in total. The zero-order chi connectivity index (χ0) is 16.0. The number of carbonyl (C=O) groups excluding carboxylic acids is 3. The summed E-state index contributed by atoms with van der Waals surface area (Å²) in [5.41, 5.74) is 2.53. The van der Waals surface area contributed by atoms with Crippen molar-refractivity contribution in [1.29, 1.82) is 0 Å². The Morgan fingerprint density at radius 2 is 1.55 bits per heavy atom. The van der Waals surface area contributed by atoms with Crippen molar-refractivity contribution in [2.45, 2.75) is 13.8 Å². The van der Waals surface area contributed by atoms with Crippen LogP contribution in [-0.2, 0) is 0 Å². The lowest BCUT2D eigenvalue weighted by Gasteiger charge is -2.19. The van der Waals surface area contributed by atoms with Crippen molar-refractivity contribution in [3.8, 4) is 0 Å². The molecule has 110 valence electrons. The van der Waals surface area contributed by atoms with Crippen LogP contribution in [0.2, 0.25) is 0 Å². The molecular weight excluding hydrogens is 302 g/mol. The van der Waals surface area contributed by atoms with Crippen LogP contribution in [0.3, 0.4) is 0 Å². The molecule has 0 unspecified atom stereocenters. The minimum atomic E-state index is -0.749. The fraction of sp³-hybridized carbons (Fsp3) is 0.118. The number of aryl methyl sites for hydroxylation is 2. The van der Waals surface area contributed by atoms with Crippen LogP contribution in [0.5, 0.6) is 0 Å². The smallest absolute Gasteiger partial charge is 0.266 e. The second-order valence-electron chi connectivity index (χ2n) is 5.19. The summed E-state index contributed by atoms with van der Waals surface area (Å²) in [6.45, 7) is 3.67. The Balaban J connectivity index is 2.24. The largest absolute Gasteiger partial charge is 0.276 e. The van der Waals surface area contributed by atoms with Gasteiger partial charge in [-0.05, 0) is 48.7 Å². The monoisotopic (exact) mass is 313 g/mol. The Hall–Kier alpha value is -2.46. The number of carbonyl (C=O) groups is 3. The van der Waals surface area contributed by atoms with E-state index in [1.165, 1.54) is 12.1 Å². The van der Waals surface area contributed by atoms with Crippen LogP contribution in [0.25, 0.3) is 0 Å². The van der Waals surface area contributed by atoms with Gasteiger partial charge in [-0.15, -0.1) is 0 Å². The average Bonchev–Trinajstić information content (AvgIpc) is 2.72. The third kappa shape index (κ3) is 1.96. The molecule has 1 heterocycles. The lowest BCUT2D eigenvalue weighted by atomic mass is 10.0. The average molecular weight is 314 g/mol. The molecule has 4 nitrogen and oxygen atoms in total. The first-order valence-electron chi connectivity index (χ1n) is 6.71. The molecule has 0 radical (unpaired) electrons. The number of amides is 2. The number of hydrogen-bond donors (Lipinski definition) is 0. The van der Waals surface area contributed by atoms with Crippen molar-refractivity contribution in [2.75, 3.05) is 4.90 Å². The van der Waals surface area contributed by atoms with Crippen LogP contribution < -0.4 is 4.90 Å². The van der Waals surface area contributed by atoms with Crippen molar-refractivity contribution >= 4 is 34.3 Å². The molecule has 0 fully saturated rings. The SMILES string of the molecule is Cc1cccc(C)c1N1C(=O)c2cccc(C(=O)Cl)c2C1=O. The number of hydrogen-bond acceptors (Lipinski definition) is 3. The quantitative estimate of drug-likeness (QED) is 0.630. The van der Waals surface area contributed by atoms with E-state index in [9.17, 15) is 14.4 Å². The van der Waals surface area contributed by atoms with E-state index in [1.54, 1.807) is 6.07 Å². The molecule has 0 aliphatic carbocycles. The number of para-hydroxylation sites is 1. The van der Waals surface area contributed by atoms with Gasteiger partial charge in [-0.25, -0.2) is 4.90 Å². The summed E-state index contributed by atoms with van der Waals surface area (Å²) in [5, 5.41) is -0.749. The summed E-state index contributed by atoms with van der Waals surface area (Å²) in [6, 6.07) is 10.1. The predicted octanol–water partition coefficient (Wildman–Crippen LogP) is 3.48. The van der Waals surface area contributed by atoms with Crippen LogP contribution in [0, 0.1) is 13.8 Å². The highest BCUT2D eigenvalue weighted by Crippen LogP contribution is 2.34. The van der Waals surface area contributed by atoms with E-state index < -0.39 is 17.1 Å². The molecule has 0 saturated carbocycles. The normalized spacial score (nSPS) is 13.5. The van der Waals surface area contributed by atoms with Gasteiger partial charge in [0.1, 0.15) is 0 Å². The first-order valence-corrected chi connectivity index (χ1v) is 7.09. The third-order valence-electron chi connectivity index (χ3n) is 3.79. The minimum Gasteiger partial charge on any atom is -0.276 e. The molecule has 1 aliphatic rings. The topological polar surface area (TPSA) is 54.5 Å². The molecule has 0 bridgehead atoms. The molecule has 1 aliphatic heterocycles. The number of fused-ring (bicyclic) bond motifs is 1. The third-order valence-corrected chi connectivity index (χ3v) is 3.99. The van der Waals surface area contributed by atoms with E-state index in [2.05, 4.69) is 0 Å². The van der Waals surface area contributed by atoms with Crippen molar-refractivity contribution in [2.24, 2.45) is 0 Å². The number of halogens is 1. The summed E-state index contributed by atoms with van der Waals surface area (Å²) in [5.74, 6) is -0.945. The number of nitrogens with zero attached hydrogens (tertiary/aromatic N) is 1. The van der Waals surface area contributed by atoms with Crippen LogP contribution in [0.15, 0.2) is 36.4 Å². The molecule has 2 amide bonds. The van der Waals surface area contributed by atoms with Crippen molar-refractivity contribution in [1.82, 2.24) is 0 Å². The Kier molecular flexibility index (Phi) is 3.34. The number of benzene rings is 2. The predicted molar refractivity (Wildman–Crippen MR) is 83.7 cm³/mol. The maximum atomic E-state index is 12.7. The van der Waals surface area contributed by atoms with Crippen molar-refractivity contribution in [3.05, 3.63) is 64.2 Å². The summed E-state index contributed by atoms with van der Waals surface area (Å²) in [4.78, 5) is 38.0. The molecule has 0 aromatic heterocycles. The standard InChI is InChI=1S/C17H12ClNO3/c1-9-5-3-6-10(2)14(9)19-16(21)12-8-4-7-11(15(18)20)13(12)17(19)22/h3-8H,1-2H3. The molecule has 2 aromatic rings. The molecule has 0 atom stereocenters. The molecule has 3 rings (SSSR count). The van der Waals surface area contributed by atoms with E-state index >= 15 is 0 Å².